The van der Waals surface area contributed by atoms with Crippen LogP contribution < -0.4 is 5.32 Å². The predicted octanol–water partition coefficient (Wildman–Crippen LogP) is 2.65. The third kappa shape index (κ3) is 2.15. The molecule has 0 bridgehead atoms. The molecule has 2 aromatic rings. The standard InChI is InChI=1S/C12H13N3O2S/c16-11(14-12-13-6-7-18-12)10-8-4-2-1-3-5-9(8)17-15-10/h6-7H,1-5H2,(H,13,14,16). The van der Waals surface area contributed by atoms with Gasteiger partial charge in [0.25, 0.3) is 5.91 Å². The van der Waals surface area contributed by atoms with Gasteiger partial charge >= 0.3 is 0 Å². The third-order valence-corrected chi connectivity index (χ3v) is 3.76. The second-order valence-corrected chi connectivity index (χ2v) is 5.18. The van der Waals surface area contributed by atoms with Crippen molar-refractivity contribution in [1.82, 2.24) is 10.1 Å². The lowest BCUT2D eigenvalue weighted by molar-refractivity contribution is 0.101. The number of amides is 1. The van der Waals surface area contributed by atoms with Crippen molar-refractivity contribution in [2.45, 2.75) is 32.1 Å². The highest BCUT2D eigenvalue weighted by molar-refractivity contribution is 7.13. The molecule has 0 aliphatic heterocycles. The van der Waals surface area contributed by atoms with Gasteiger partial charge in [-0.05, 0) is 19.3 Å². The van der Waals surface area contributed by atoms with E-state index in [1.165, 1.54) is 17.8 Å². The monoisotopic (exact) mass is 263 g/mol. The molecule has 0 unspecified atom stereocenters. The van der Waals surface area contributed by atoms with Gasteiger partial charge in [-0.1, -0.05) is 11.6 Å². The van der Waals surface area contributed by atoms with Crippen molar-refractivity contribution in [1.29, 1.82) is 0 Å². The number of aromatic nitrogens is 2. The summed E-state index contributed by atoms with van der Waals surface area (Å²) >= 11 is 1.39. The van der Waals surface area contributed by atoms with Gasteiger partial charge in [0.2, 0.25) is 0 Å². The first-order valence-electron chi connectivity index (χ1n) is 6.03. The molecule has 1 aliphatic rings. The van der Waals surface area contributed by atoms with E-state index in [4.69, 9.17) is 4.52 Å². The molecule has 5 nitrogen and oxygen atoms in total. The van der Waals surface area contributed by atoms with Crippen LogP contribution in [0, 0.1) is 0 Å². The summed E-state index contributed by atoms with van der Waals surface area (Å²) in [5, 5.41) is 9.06. The Bertz CT molecular complexity index is 548. The first-order valence-corrected chi connectivity index (χ1v) is 6.91. The second kappa shape index (κ2) is 4.89. The van der Waals surface area contributed by atoms with Gasteiger partial charge < -0.3 is 4.52 Å². The van der Waals surface area contributed by atoms with Crippen LogP contribution in [0.15, 0.2) is 16.1 Å². The fraction of sp³-hybridized carbons (Fsp3) is 0.417. The molecule has 0 saturated heterocycles. The van der Waals surface area contributed by atoms with Crippen molar-refractivity contribution in [3.63, 3.8) is 0 Å². The zero-order chi connectivity index (χ0) is 12.4. The Morgan fingerprint density at radius 2 is 2.22 bits per heavy atom. The number of nitrogens with one attached hydrogen (secondary N) is 1. The topological polar surface area (TPSA) is 68.0 Å². The average molecular weight is 263 g/mol. The van der Waals surface area contributed by atoms with Crippen LogP contribution in [-0.2, 0) is 12.8 Å². The number of aryl methyl sites for hydroxylation is 1. The van der Waals surface area contributed by atoms with Gasteiger partial charge in [-0.25, -0.2) is 4.98 Å². The second-order valence-electron chi connectivity index (χ2n) is 4.28. The zero-order valence-corrected chi connectivity index (χ0v) is 10.6. The van der Waals surface area contributed by atoms with Crippen molar-refractivity contribution in [3.05, 3.63) is 28.6 Å². The lowest BCUT2D eigenvalue weighted by atomic mass is 10.1. The summed E-state index contributed by atoms with van der Waals surface area (Å²) in [6.45, 7) is 0. The molecule has 2 aromatic heterocycles. The number of rotatable bonds is 2. The molecule has 1 amide bonds. The Morgan fingerprint density at radius 1 is 1.33 bits per heavy atom. The third-order valence-electron chi connectivity index (χ3n) is 3.07. The van der Waals surface area contributed by atoms with E-state index in [1.54, 1.807) is 6.20 Å². The van der Waals surface area contributed by atoms with Crippen LogP contribution in [-0.4, -0.2) is 16.0 Å². The first-order chi connectivity index (χ1) is 8.84. The average Bonchev–Trinajstić information content (AvgIpc) is 2.95. The fourth-order valence-corrected chi connectivity index (χ4v) is 2.71. The van der Waals surface area contributed by atoms with Crippen molar-refractivity contribution in [2.75, 3.05) is 5.32 Å². The lowest BCUT2D eigenvalue weighted by Gasteiger charge is -2.00. The van der Waals surface area contributed by atoms with Gasteiger partial charge in [0.1, 0.15) is 5.76 Å². The van der Waals surface area contributed by atoms with Crippen LogP contribution in [0.1, 0.15) is 41.1 Å². The molecule has 1 N–H and O–H groups in total. The Kier molecular flexibility index (Phi) is 3.10. The van der Waals surface area contributed by atoms with Crippen LogP contribution in [0.3, 0.4) is 0 Å². The molecule has 0 spiro atoms. The smallest absolute Gasteiger partial charge is 0.279 e. The van der Waals surface area contributed by atoms with Crippen LogP contribution in [0.5, 0.6) is 0 Å². The van der Waals surface area contributed by atoms with Gasteiger partial charge in [-0.15, -0.1) is 11.3 Å². The van der Waals surface area contributed by atoms with Gasteiger partial charge in [0.05, 0.1) is 0 Å². The fourth-order valence-electron chi connectivity index (χ4n) is 2.18. The van der Waals surface area contributed by atoms with Crippen LogP contribution in [0.25, 0.3) is 0 Å². The number of carbonyl (C=O) groups excluding carboxylic acids is 1. The zero-order valence-electron chi connectivity index (χ0n) is 9.81. The molecule has 0 atom stereocenters. The minimum atomic E-state index is -0.225. The van der Waals surface area contributed by atoms with Gasteiger partial charge in [0, 0.05) is 23.6 Å². The number of anilines is 1. The summed E-state index contributed by atoms with van der Waals surface area (Å²) in [6.07, 6.45) is 6.79. The molecule has 0 saturated carbocycles. The molecular formula is C12H13N3O2S. The normalized spacial score (nSPS) is 14.9. The van der Waals surface area contributed by atoms with Crippen molar-refractivity contribution in [2.24, 2.45) is 0 Å². The highest BCUT2D eigenvalue weighted by atomic mass is 32.1. The Morgan fingerprint density at radius 3 is 3.06 bits per heavy atom. The van der Waals surface area contributed by atoms with Gasteiger partial charge in [0.15, 0.2) is 10.8 Å². The summed E-state index contributed by atoms with van der Waals surface area (Å²) in [4.78, 5) is 16.1. The van der Waals surface area contributed by atoms with E-state index in [1.807, 2.05) is 5.38 Å². The Balaban J connectivity index is 1.83. The minimum absolute atomic E-state index is 0.225. The number of carbonyl (C=O) groups is 1. The van der Waals surface area contributed by atoms with E-state index in [0.29, 0.717) is 10.8 Å². The molecule has 1 aliphatic carbocycles. The number of hydrogen-bond acceptors (Lipinski definition) is 5. The predicted molar refractivity (Wildman–Crippen MR) is 67.8 cm³/mol. The van der Waals surface area contributed by atoms with E-state index in [-0.39, 0.29) is 5.91 Å². The SMILES string of the molecule is O=C(Nc1nccs1)c1noc2c1CCCCC2. The molecular weight excluding hydrogens is 250 g/mol. The maximum atomic E-state index is 12.1. The molecule has 0 aromatic carbocycles. The van der Waals surface area contributed by atoms with Crippen LogP contribution in [0.2, 0.25) is 0 Å². The van der Waals surface area contributed by atoms with E-state index in [9.17, 15) is 4.79 Å². The van der Waals surface area contributed by atoms with Gasteiger partial charge in [-0.2, -0.15) is 0 Å². The van der Waals surface area contributed by atoms with Gasteiger partial charge in [-0.3, -0.25) is 10.1 Å². The highest BCUT2D eigenvalue weighted by Gasteiger charge is 2.23. The lowest BCUT2D eigenvalue weighted by Crippen LogP contribution is -2.14. The Labute approximate surface area is 108 Å². The number of thiazole rings is 1. The molecule has 0 fully saturated rings. The van der Waals surface area contributed by atoms with E-state index in [2.05, 4.69) is 15.5 Å². The summed E-state index contributed by atoms with van der Waals surface area (Å²) in [7, 11) is 0. The number of fused-ring (bicyclic) bond motifs is 1. The summed E-state index contributed by atoms with van der Waals surface area (Å²) in [5.74, 6) is 0.647. The quantitative estimate of drug-likeness (QED) is 0.846. The number of nitrogens with zero attached hydrogens (tertiary/aromatic N) is 2. The van der Waals surface area contributed by atoms with E-state index < -0.39 is 0 Å². The highest BCUT2D eigenvalue weighted by Crippen LogP contribution is 2.24. The Hall–Kier alpha value is -1.69. The van der Waals surface area contributed by atoms with Crippen LogP contribution >= 0.6 is 11.3 Å². The van der Waals surface area contributed by atoms with Crippen LogP contribution in [0.4, 0.5) is 5.13 Å². The van der Waals surface area contributed by atoms with Crippen molar-refractivity contribution >= 4 is 22.4 Å². The molecule has 18 heavy (non-hydrogen) atoms. The summed E-state index contributed by atoms with van der Waals surface area (Å²) in [6, 6.07) is 0. The number of hydrogen-bond donors (Lipinski definition) is 1. The molecule has 94 valence electrons. The summed E-state index contributed by atoms with van der Waals surface area (Å²) < 4.78 is 5.28. The van der Waals surface area contributed by atoms with Crippen molar-refractivity contribution in [3.8, 4) is 0 Å². The minimum Gasteiger partial charge on any atom is -0.360 e. The maximum absolute atomic E-state index is 12.1. The summed E-state index contributed by atoms with van der Waals surface area (Å²) in [5.41, 5.74) is 1.39. The molecule has 3 rings (SSSR count). The van der Waals surface area contributed by atoms with E-state index >= 15 is 0 Å². The molecule has 0 radical (unpaired) electrons. The maximum Gasteiger partial charge on any atom is 0.279 e. The van der Waals surface area contributed by atoms with E-state index in [0.717, 1.165) is 37.0 Å². The van der Waals surface area contributed by atoms with Crippen molar-refractivity contribution < 1.29 is 9.32 Å². The largest absolute Gasteiger partial charge is 0.360 e. The molecule has 2 heterocycles. The first kappa shape index (κ1) is 11.4. The molecule has 6 heteroatoms.